The first-order chi connectivity index (χ1) is 5.43. The highest BCUT2D eigenvalue weighted by atomic mass is 35.5. The normalized spacial score (nSPS) is 11.5. The molecule has 0 aliphatic carbocycles. The van der Waals surface area contributed by atoms with E-state index in [1.165, 1.54) is 18.2 Å². The van der Waals surface area contributed by atoms with E-state index in [9.17, 15) is 13.5 Å². The van der Waals surface area contributed by atoms with Crippen molar-refractivity contribution in [1.82, 2.24) is 0 Å². The van der Waals surface area contributed by atoms with Crippen molar-refractivity contribution in [2.24, 2.45) is 0 Å². The third-order valence-corrected chi connectivity index (χ3v) is 2.75. The zero-order chi connectivity index (χ0) is 9.35. The Kier molecular flexibility index (Phi) is 2.30. The van der Waals surface area contributed by atoms with E-state index >= 15 is 0 Å². The summed E-state index contributed by atoms with van der Waals surface area (Å²) in [7, 11) is -3.45. The van der Waals surface area contributed by atoms with Gasteiger partial charge in [-0.05, 0) is 12.1 Å². The SMILES string of the molecule is CS(=O)(=O)c1cccc(Cl)c1[O]. The van der Waals surface area contributed by atoms with E-state index in [4.69, 9.17) is 11.6 Å². The van der Waals surface area contributed by atoms with E-state index in [2.05, 4.69) is 0 Å². The Labute approximate surface area is 75.5 Å². The molecule has 0 aliphatic heterocycles. The first kappa shape index (κ1) is 9.35. The fourth-order valence-electron chi connectivity index (χ4n) is 0.781. The van der Waals surface area contributed by atoms with Crippen molar-refractivity contribution in [2.45, 2.75) is 4.90 Å². The van der Waals surface area contributed by atoms with Crippen LogP contribution in [0.4, 0.5) is 0 Å². The topological polar surface area (TPSA) is 54.0 Å². The number of hydrogen-bond acceptors (Lipinski definition) is 2. The summed E-state index contributed by atoms with van der Waals surface area (Å²) < 4.78 is 21.9. The summed E-state index contributed by atoms with van der Waals surface area (Å²) in [6.07, 6.45) is 0.972. The number of rotatable bonds is 1. The lowest BCUT2D eigenvalue weighted by Crippen LogP contribution is -1.96. The van der Waals surface area contributed by atoms with Crippen molar-refractivity contribution in [1.29, 1.82) is 0 Å². The summed E-state index contributed by atoms with van der Waals surface area (Å²) in [5, 5.41) is 11.0. The molecule has 0 saturated carbocycles. The summed E-state index contributed by atoms with van der Waals surface area (Å²) >= 11 is 5.44. The average Bonchev–Trinajstić information content (AvgIpc) is 1.92. The Hall–Kier alpha value is -0.740. The lowest BCUT2D eigenvalue weighted by molar-refractivity contribution is 0.343. The summed E-state index contributed by atoms with van der Waals surface area (Å²) in [5.74, 6) is -0.637. The molecule has 3 nitrogen and oxygen atoms in total. The van der Waals surface area contributed by atoms with Gasteiger partial charge in [0.1, 0.15) is 4.90 Å². The molecule has 0 fully saturated rings. The Bertz CT molecular complexity index is 397. The molecule has 0 saturated heterocycles. The van der Waals surface area contributed by atoms with Gasteiger partial charge < -0.3 is 0 Å². The summed E-state index contributed by atoms with van der Waals surface area (Å²) in [4.78, 5) is -0.255. The summed E-state index contributed by atoms with van der Waals surface area (Å²) in [5.41, 5.74) is 0. The van der Waals surface area contributed by atoms with Crippen LogP contribution in [-0.2, 0) is 14.9 Å². The molecule has 0 atom stereocenters. The standard InChI is InChI=1S/C7H6ClO3S/c1-12(10,11)6-4-2-3-5(8)7(6)9/h2-4H,1H3. The van der Waals surface area contributed by atoms with Crippen LogP contribution in [-0.4, -0.2) is 14.7 Å². The van der Waals surface area contributed by atoms with Crippen LogP contribution in [0.25, 0.3) is 0 Å². The second-order valence-corrected chi connectivity index (χ2v) is 4.73. The van der Waals surface area contributed by atoms with Crippen LogP contribution >= 0.6 is 11.6 Å². The van der Waals surface area contributed by atoms with Crippen molar-refractivity contribution in [3.05, 3.63) is 23.2 Å². The first-order valence-corrected chi connectivity index (χ1v) is 5.35. The Balaban J connectivity index is 3.47. The van der Waals surface area contributed by atoms with Crippen molar-refractivity contribution >= 4 is 21.4 Å². The molecule has 5 heteroatoms. The highest BCUT2D eigenvalue weighted by Crippen LogP contribution is 2.30. The average molecular weight is 206 g/mol. The van der Waals surface area contributed by atoms with Gasteiger partial charge in [-0.3, -0.25) is 5.11 Å². The minimum absolute atomic E-state index is 0.0714. The Morgan fingerprint density at radius 2 is 1.92 bits per heavy atom. The van der Waals surface area contributed by atoms with E-state index < -0.39 is 15.6 Å². The molecule has 1 aromatic rings. The van der Waals surface area contributed by atoms with E-state index in [0.717, 1.165) is 6.26 Å². The number of benzene rings is 1. The molecule has 1 aromatic carbocycles. The third-order valence-electron chi connectivity index (χ3n) is 1.33. The molecule has 1 rings (SSSR count). The molecule has 0 N–H and O–H groups in total. The maximum atomic E-state index is 11.1. The predicted molar refractivity (Wildman–Crippen MR) is 44.7 cm³/mol. The molecule has 0 spiro atoms. The smallest absolute Gasteiger partial charge is 0.215 e. The minimum Gasteiger partial charge on any atom is -0.287 e. The molecular formula is C7H6ClO3S. The van der Waals surface area contributed by atoms with Crippen LogP contribution < -0.4 is 0 Å². The molecule has 1 radical (unpaired) electrons. The molecule has 0 unspecified atom stereocenters. The fourth-order valence-corrected chi connectivity index (χ4v) is 1.78. The molecule has 0 heterocycles. The van der Waals surface area contributed by atoms with Gasteiger partial charge in [0.05, 0.1) is 5.02 Å². The van der Waals surface area contributed by atoms with Crippen LogP contribution in [0, 0.1) is 0 Å². The summed E-state index contributed by atoms with van der Waals surface area (Å²) in [6.45, 7) is 0. The van der Waals surface area contributed by atoms with E-state index in [0.29, 0.717) is 0 Å². The van der Waals surface area contributed by atoms with Crippen LogP contribution in [0.1, 0.15) is 0 Å². The molecule has 0 aromatic heterocycles. The Morgan fingerprint density at radius 3 is 2.33 bits per heavy atom. The lowest BCUT2D eigenvalue weighted by Gasteiger charge is -1.99. The number of hydrogen-bond donors (Lipinski definition) is 0. The quantitative estimate of drug-likeness (QED) is 0.703. The molecule has 0 bridgehead atoms. The highest BCUT2D eigenvalue weighted by molar-refractivity contribution is 7.90. The minimum atomic E-state index is -3.45. The van der Waals surface area contributed by atoms with Gasteiger partial charge in [0.15, 0.2) is 9.84 Å². The van der Waals surface area contributed by atoms with E-state index in [1.54, 1.807) is 0 Å². The second kappa shape index (κ2) is 2.95. The molecule has 0 amide bonds. The Morgan fingerprint density at radius 1 is 1.33 bits per heavy atom. The van der Waals surface area contributed by atoms with Crippen LogP contribution in [0.3, 0.4) is 0 Å². The molecule has 65 valence electrons. The van der Waals surface area contributed by atoms with Gasteiger partial charge in [0, 0.05) is 6.26 Å². The van der Waals surface area contributed by atoms with Gasteiger partial charge >= 0.3 is 0 Å². The van der Waals surface area contributed by atoms with Gasteiger partial charge in [-0.25, -0.2) is 8.42 Å². The number of para-hydroxylation sites is 1. The van der Waals surface area contributed by atoms with Gasteiger partial charge in [0.2, 0.25) is 5.75 Å². The van der Waals surface area contributed by atoms with Crippen LogP contribution in [0.5, 0.6) is 5.75 Å². The van der Waals surface area contributed by atoms with E-state index in [1.807, 2.05) is 0 Å². The van der Waals surface area contributed by atoms with Crippen molar-refractivity contribution in [2.75, 3.05) is 6.26 Å². The predicted octanol–water partition coefficient (Wildman–Crippen LogP) is 1.89. The van der Waals surface area contributed by atoms with Crippen molar-refractivity contribution in [3.63, 3.8) is 0 Å². The van der Waals surface area contributed by atoms with Crippen molar-refractivity contribution < 1.29 is 13.5 Å². The number of sulfone groups is 1. The number of halogens is 1. The van der Waals surface area contributed by atoms with E-state index in [-0.39, 0.29) is 9.92 Å². The highest BCUT2D eigenvalue weighted by Gasteiger charge is 2.16. The van der Waals surface area contributed by atoms with Gasteiger partial charge in [-0.15, -0.1) is 0 Å². The van der Waals surface area contributed by atoms with Gasteiger partial charge in [-0.1, -0.05) is 17.7 Å². The summed E-state index contributed by atoms with van der Waals surface area (Å²) in [6, 6.07) is 4.03. The van der Waals surface area contributed by atoms with Crippen molar-refractivity contribution in [3.8, 4) is 5.75 Å². The maximum absolute atomic E-state index is 11.1. The zero-order valence-corrected chi connectivity index (χ0v) is 7.82. The van der Waals surface area contributed by atoms with Gasteiger partial charge in [-0.2, -0.15) is 0 Å². The molecular weight excluding hydrogens is 200 g/mol. The van der Waals surface area contributed by atoms with Crippen LogP contribution in [0.2, 0.25) is 5.02 Å². The lowest BCUT2D eigenvalue weighted by atomic mass is 10.3. The molecule has 12 heavy (non-hydrogen) atoms. The zero-order valence-electron chi connectivity index (χ0n) is 6.24. The fraction of sp³-hybridized carbons (Fsp3) is 0.143. The maximum Gasteiger partial charge on any atom is 0.215 e. The van der Waals surface area contributed by atoms with Gasteiger partial charge in [0.25, 0.3) is 0 Å². The largest absolute Gasteiger partial charge is 0.287 e. The molecule has 0 aliphatic rings. The monoisotopic (exact) mass is 205 g/mol. The third kappa shape index (κ3) is 1.70. The second-order valence-electron chi connectivity index (χ2n) is 2.34. The first-order valence-electron chi connectivity index (χ1n) is 3.08. The van der Waals surface area contributed by atoms with Crippen LogP contribution in [0.15, 0.2) is 23.1 Å².